The van der Waals surface area contributed by atoms with Gasteiger partial charge in [-0.1, -0.05) is 54.6 Å². The first-order chi connectivity index (χ1) is 17.7. The lowest BCUT2D eigenvalue weighted by Gasteiger charge is -2.24. The summed E-state index contributed by atoms with van der Waals surface area (Å²) < 4.78 is 5.41. The van der Waals surface area contributed by atoms with Gasteiger partial charge in [0.15, 0.2) is 0 Å². The van der Waals surface area contributed by atoms with Crippen LogP contribution in [0.25, 0.3) is 10.9 Å². The SMILES string of the molecule is C=CCC(CC(=O)OC(C)(C)C)C(=O)NC(Cc1c[nH]c2ccccc12)C(=O)NCCc1ccccc1. The summed E-state index contributed by atoms with van der Waals surface area (Å²) in [6.07, 6.45) is 4.65. The standard InChI is InChI=1S/C30H37N3O4/c1-5-11-22(19-27(34)37-30(2,3)4)28(35)33-26(18-23-20-32-25-15-10-9-14-24(23)25)29(36)31-17-16-21-12-7-6-8-13-21/h5-10,12-15,20,22,26,32H,1,11,16-19H2,2-4H3,(H,31,36)(H,33,35). The van der Waals surface area contributed by atoms with E-state index in [-0.39, 0.29) is 18.2 Å². The van der Waals surface area contributed by atoms with E-state index >= 15 is 0 Å². The van der Waals surface area contributed by atoms with Gasteiger partial charge in [-0.2, -0.15) is 0 Å². The van der Waals surface area contributed by atoms with Crippen LogP contribution in [0.4, 0.5) is 0 Å². The number of H-pyrrole nitrogens is 1. The van der Waals surface area contributed by atoms with Crippen LogP contribution in [-0.4, -0.2) is 41.0 Å². The molecular weight excluding hydrogens is 466 g/mol. The maximum Gasteiger partial charge on any atom is 0.307 e. The summed E-state index contributed by atoms with van der Waals surface area (Å²) in [5.74, 6) is -1.80. The van der Waals surface area contributed by atoms with Crippen LogP contribution in [-0.2, 0) is 32.0 Å². The number of carbonyl (C=O) groups is 3. The van der Waals surface area contributed by atoms with E-state index in [1.54, 1.807) is 26.8 Å². The number of esters is 1. The average molecular weight is 504 g/mol. The van der Waals surface area contributed by atoms with Gasteiger partial charge in [0.2, 0.25) is 11.8 Å². The summed E-state index contributed by atoms with van der Waals surface area (Å²) >= 11 is 0. The molecule has 2 amide bonds. The summed E-state index contributed by atoms with van der Waals surface area (Å²) in [6, 6.07) is 16.9. The van der Waals surface area contributed by atoms with E-state index in [2.05, 4.69) is 22.2 Å². The van der Waals surface area contributed by atoms with Crippen molar-refractivity contribution >= 4 is 28.7 Å². The van der Waals surface area contributed by atoms with Crippen molar-refractivity contribution in [2.75, 3.05) is 6.54 Å². The molecule has 2 aromatic carbocycles. The first-order valence-corrected chi connectivity index (χ1v) is 12.7. The number of amides is 2. The number of allylic oxidation sites excluding steroid dienone is 1. The lowest BCUT2D eigenvalue weighted by Crippen LogP contribution is -2.50. The van der Waals surface area contributed by atoms with Gasteiger partial charge in [-0.15, -0.1) is 6.58 Å². The highest BCUT2D eigenvalue weighted by Crippen LogP contribution is 2.20. The number of carbonyl (C=O) groups excluding carboxylic acids is 3. The molecule has 3 aromatic rings. The van der Waals surface area contributed by atoms with Crippen LogP contribution in [0.3, 0.4) is 0 Å². The van der Waals surface area contributed by atoms with E-state index in [9.17, 15) is 14.4 Å². The van der Waals surface area contributed by atoms with Gasteiger partial charge in [0.05, 0.1) is 12.3 Å². The smallest absolute Gasteiger partial charge is 0.307 e. The van der Waals surface area contributed by atoms with Crippen LogP contribution >= 0.6 is 0 Å². The van der Waals surface area contributed by atoms with Gasteiger partial charge in [0.25, 0.3) is 0 Å². The van der Waals surface area contributed by atoms with E-state index in [1.165, 1.54) is 0 Å². The summed E-state index contributed by atoms with van der Waals surface area (Å²) in [5.41, 5.74) is 2.35. The second-order valence-electron chi connectivity index (χ2n) is 10.2. The monoisotopic (exact) mass is 503 g/mol. The molecule has 196 valence electrons. The van der Waals surface area contributed by atoms with Crippen molar-refractivity contribution in [1.82, 2.24) is 15.6 Å². The van der Waals surface area contributed by atoms with E-state index in [1.807, 2.05) is 60.8 Å². The van der Waals surface area contributed by atoms with Crippen molar-refractivity contribution in [2.24, 2.45) is 5.92 Å². The zero-order valence-corrected chi connectivity index (χ0v) is 21.9. The summed E-state index contributed by atoms with van der Waals surface area (Å²) in [5, 5.41) is 6.86. The lowest BCUT2D eigenvalue weighted by molar-refractivity contribution is -0.157. The molecule has 2 unspecified atom stereocenters. The van der Waals surface area contributed by atoms with Gasteiger partial charge in [-0.3, -0.25) is 14.4 Å². The zero-order valence-electron chi connectivity index (χ0n) is 21.9. The predicted octanol–water partition coefficient (Wildman–Crippen LogP) is 4.48. The Balaban J connectivity index is 1.74. The minimum atomic E-state index is -0.812. The highest BCUT2D eigenvalue weighted by molar-refractivity contribution is 5.91. The molecule has 7 nitrogen and oxygen atoms in total. The molecule has 0 bridgehead atoms. The summed E-state index contributed by atoms with van der Waals surface area (Å²) in [6.45, 7) is 9.52. The van der Waals surface area contributed by atoms with Crippen LogP contribution in [0.15, 0.2) is 73.4 Å². The van der Waals surface area contributed by atoms with Crippen molar-refractivity contribution in [3.63, 3.8) is 0 Å². The maximum absolute atomic E-state index is 13.3. The van der Waals surface area contributed by atoms with Gasteiger partial charge in [-0.25, -0.2) is 0 Å². The Hall–Kier alpha value is -3.87. The van der Waals surface area contributed by atoms with Gasteiger partial charge in [0.1, 0.15) is 11.6 Å². The normalized spacial score (nSPS) is 12.9. The number of hydrogen-bond donors (Lipinski definition) is 3. The third-order valence-electron chi connectivity index (χ3n) is 5.94. The Morgan fingerprint density at radius 3 is 2.43 bits per heavy atom. The Bertz CT molecular complexity index is 1210. The first-order valence-electron chi connectivity index (χ1n) is 12.7. The predicted molar refractivity (Wildman–Crippen MR) is 146 cm³/mol. The second kappa shape index (κ2) is 12.9. The second-order valence-corrected chi connectivity index (χ2v) is 10.2. The quantitative estimate of drug-likeness (QED) is 0.251. The van der Waals surface area contributed by atoms with Crippen molar-refractivity contribution in [3.8, 4) is 0 Å². The third-order valence-corrected chi connectivity index (χ3v) is 5.94. The fraction of sp³-hybridized carbons (Fsp3) is 0.367. The Morgan fingerprint density at radius 1 is 1.03 bits per heavy atom. The maximum atomic E-state index is 13.3. The highest BCUT2D eigenvalue weighted by atomic mass is 16.6. The number of fused-ring (bicyclic) bond motifs is 1. The number of aromatic amines is 1. The molecule has 0 fully saturated rings. The molecule has 7 heteroatoms. The van der Waals surface area contributed by atoms with Crippen LogP contribution in [0.2, 0.25) is 0 Å². The molecule has 2 atom stereocenters. The van der Waals surface area contributed by atoms with Crippen molar-refractivity contribution < 1.29 is 19.1 Å². The fourth-order valence-corrected chi connectivity index (χ4v) is 4.19. The Kier molecular flexibility index (Phi) is 9.66. The summed E-state index contributed by atoms with van der Waals surface area (Å²) in [7, 11) is 0. The number of nitrogens with one attached hydrogen (secondary N) is 3. The number of para-hydroxylation sites is 1. The van der Waals surface area contributed by atoms with E-state index < -0.39 is 23.5 Å². The minimum absolute atomic E-state index is 0.0927. The van der Waals surface area contributed by atoms with Crippen molar-refractivity contribution in [3.05, 3.63) is 84.6 Å². The van der Waals surface area contributed by atoms with Crippen LogP contribution < -0.4 is 10.6 Å². The molecule has 1 aromatic heterocycles. The molecule has 0 spiro atoms. The van der Waals surface area contributed by atoms with E-state index in [0.29, 0.717) is 25.8 Å². The summed E-state index contributed by atoms with van der Waals surface area (Å²) in [4.78, 5) is 42.2. The van der Waals surface area contributed by atoms with Crippen LogP contribution in [0, 0.1) is 5.92 Å². The number of hydrogen-bond acceptors (Lipinski definition) is 4. The molecule has 3 N–H and O–H groups in total. The van der Waals surface area contributed by atoms with Gasteiger partial charge < -0.3 is 20.4 Å². The molecule has 0 radical (unpaired) electrons. The molecule has 0 aliphatic heterocycles. The van der Waals surface area contributed by atoms with Gasteiger partial charge >= 0.3 is 5.97 Å². The molecule has 0 saturated heterocycles. The molecule has 0 aliphatic carbocycles. The van der Waals surface area contributed by atoms with E-state index in [0.717, 1.165) is 22.0 Å². The topological polar surface area (TPSA) is 100 Å². The largest absolute Gasteiger partial charge is 0.460 e. The van der Waals surface area contributed by atoms with Crippen LogP contribution in [0.5, 0.6) is 0 Å². The molecule has 0 aliphatic rings. The van der Waals surface area contributed by atoms with Crippen molar-refractivity contribution in [2.45, 2.75) is 58.1 Å². The highest BCUT2D eigenvalue weighted by Gasteiger charge is 2.29. The fourth-order valence-electron chi connectivity index (χ4n) is 4.19. The molecule has 37 heavy (non-hydrogen) atoms. The first kappa shape index (κ1) is 27.7. The van der Waals surface area contributed by atoms with Crippen LogP contribution in [0.1, 0.15) is 44.7 Å². The number of rotatable bonds is 12. The van der Waals surface area contributed by atoms with E-state index in [4.69, 9.17) is 4.74 Å². The molecular formula is C30H37N3O4. The molecule has 3 rings (SSSR count). The number of benzene rings is 2. The minimum Gasteiger partial charge on any atom is -0.460 e. The zero-order chi connectivity index (χ0) is 26.8. The average Bonchev–Trinajstić information content (AvgIpc) is 3.25. The van der Waals surface area contributed by atoms with Crippen molar-refractivity contribution in [1.29, 1.82) is 0 Å². The molecule has 0 saturated carbocycles. The third kappa shape index (κ3) is 8.63. The lowest BCUT2D eigenvalue weighted by atomic mass is 9.98. The van der Waals surface area contributed by atoms with Gasteiger partial charge in [-0.05, 0) is 50.8 Å². The molecule has 1 heterocycles. The number of aromatic nitrogens is 1. The van der Waals surface area contributed by atoms with Gasteiger partial charge in [0, 0.05) is 30.1 Å². The number of ether oxygens (including phenoxy) is 1. The Morgan fingerprint density at radius 2 is 1.73 bits per heavy atom. The Labute approximate surface area is 218 Å².